The quantitative estimate of drug-likeness (QED) is 0.714. The van der Waals surface area contributed by atoms with Gasteiger partial charge in [0.05, 0.1) is 0 Å². The van der Waals surface area contributed by atoms with Crippen LogP contribution in [0.3, 0.4) is 0 Å². The van der Waals surface area contributed by atoms with Crippen LogP contribution in [0.15, 0.2) is 24.3 Å². The second kappa shape index (κ2) is 8.52. The summed E-state index contributed by atoms with van der Waals surface area (Å²) < 4.78 is 0. The first-order chi connectivity index (χ1) is 10.2. The summed E-state index contributed by atoms with van der Waals surface area (Å²) in [6, 6.07) is 9.93. The number of rotatable bonds is 10. The van der Waals surface area contributed by atoms with Crippen LogP contribution in [0.25, 0.3) is 0 Å². The third-order valence-corrected chi connectivity index (χ3v) is 4.00. The highest BCUT2D eigenvalue weighted by molar-refractivity contribution is 5.22. The number of nitrogens with zero attached hydrogens (tertiary/aromatic N) is 2. The Bertz CT molecular complexity index is 395. The van der Waals surface area contributed by atoms with Gasteiger partial charge in [-0.2, -0.15) is 0 Å². The molecule has 1 aromatic rings. The molecule has 0 aromatic heterocycles. The van der Waals surface area contributed by atoms with Gasteiger partial charge in [0.25, 0.3) is 0 Å². The molecule has 1 fully saturated rings. The minimum atomic E-state index is 0.788. The van der Waals surface area contributed by atoms with Crippen LogP contribution in [0.1, 0.15) is 37.3 Å². The van der Waals surface area contributed by atoms with Crippen LogP contribution >= 0.6 is 0 Å². The first-order valence-electron chi connectivity index (χ1n) is 8.35. The van der Waals surface area contributed by atoms with E-state index in [1.54, 1.807) is 0 Å². The summed E-state index contributed by atoms with van der Waals surface area (Å²) in [4.78, 5) is 4.81. The van der Waals surface area contributed by atoms with Crippen molar-refractivity contribution >= 4 is 0 Å². The molecular weight excluding hydrogens is 258 g/mol. The van der Waals surface area contributed by atoms with Crippen molar-refractivity contribution in [1.29, 1.82) is 0 Å². The van der Waals surface area contributed by atoms with Crippen molar-refractivity contribution in [3.05, 3.63) is 35.4 Å². The van der Waals surface area contributed by atoms with E-state index in [1.807, 2.05) is 0 Å². The molecule has 0 radical (unpaired) electrons. The van der Waals surface area contributed by atoms with Crippen LogP contribution in [-0.4, -0.2) is 49.6 Å². The van der Waals surface area contributed by atoms with Crippen molar-refractivity contribution in [3.8, 4) is 0 Å². The van der Waals surface area contributed by atoms with Crippen molar-refractivity contribution in [2.75, 3.05) is 33.7 Å². The summed E-state index contributed by atoms with van der Waals surface area (Å²) in [6.07, 6.45) is 3.93. The molecule has 21 heavy (non-hydrogen) atoms. The standard InChI is InChI=1S/C18H31N3/c1-4-11-21(13-12-20(2)3)15-17-7-5-16(6-8-17)14-19-18-9-10-18/h5-8,18-19H,4,9-15H2,1-3H3. The molecule has 1 saturated carbocycles. The Morgan fingerprint density at radius 3 is 2.24 bits per heavy atom. The Hall–Kier alpha value is -0.900. The minimum absolute atomic E-state index is 0.788. The monoisotopic (exact) mass is 289 g/mol. The van der Waals surface area contributed by atoms with Crippen LogP contribution in [0.4, 0.5) is 0 Å². The van der Waals surface area contributed by atoms with E-state index in [9.17, 15) is 0 Å². The topological polar surface area (TPSA) is 18.5 Å². The van der Waals surface area contributed by atoms with Gasteiger partial charge in [0.15, 0.2) is 0 Å². The van der Waals surface area contributed by atoms with Gasteiger partial charge in [-0.25, -0.2) is 0 Å². The van der Waals surface area contributed by atoms with Gasteiger partial charge in [0.1, 0.15) is 0 Å². The molecule has 0 bridgehead atoms. The molecule has 0 spiro atoms. The molecule has 1 aliphatic carbocycles. The number of nitrogens with one attached hydrogen (secondary N) is 1. The maximum Gasteiger partial charge on any atom is 0.0234 e. The maximum atomic E-state index is 3.57. The lowest BCUT2D eigenvalue weighted by molar-refractivity contribution is 0.234. The Morgan fingerprint density at radius 1 is 1.00 bits per heavy atom. The van der Waals surface area contributed by atoms with Gasteiger partial charge < -0.3 is 10.2 Å². The Morgan fingerprint density at radius 2 is 1.67 bits per heavy atom. The predicted molar refractivity (Wildman–Crippen MR) is 90.4 cm³/mol. The van der Waals surface area contributed by atoms with E-state index >= 15 is 0 Å². The lowest BCUT2D eigenvalue weighted by Crippen LogP contribution is -2.32. The van der Waals surface area contributed by atoms with E-state index in [2.05, 4.69) is 60.4 Å². The van der Waals surface area contributed by atoms with Gasteiger partial charge in [-0.1, -0.05) is 31.2 Å². The van der Waals surface area contributed by atoms with Crippen molar-refractivity contribution in [1.82, 2.24) is 15.1 Å². The van der Waals surface area contributed by atoms with E-state index < -0.39 is 0 Å². The molecule has 0 aliphatic heterocycles. The molecule has 1 aliphatic rings. The van der Waals surface area contributed by atoms with Crippen molar-refractivity contribution in [2.45, 2.75) is 45.3 Å². The lowest BCUT2D eigenvalue weighted by Gasteiger charge is -2.23. The van der Waals surface area contributed by atoms with Gasteiger partial charge in [-0.05, 0) is 51.0 Å². The Labute approximate surface area is 130 Å². The Kier molecular flexibility index (Phi) is 6.68. The zero-order chi connectivity index (χ0) is 15.1. The predicted octanol–water partition coefficient (Wildman–Crippen LogP) is 2.71. The number of likely N-dealkylation sites (N-methyl/N-ethyl adjacent to an activating group) is 1. The van der Waals surface area contributed by atoms with E-state index in [0.717, 1.165) is 32.2 Å². The zero-order valence-corrected chi connectivity index (χ0v) is 13.9. The van der Waals surface area contributed by atoms with Gasteiger partial charge in [0.2, 0.25) is 0 Å². The minimum Gasteiger partial charge on any atom is -0.310 e. The van der Waals surface area contributed by atoms with Gasteiger partial charge >= 0.3 is 0 Å². The van der Waals surface area contributed by atoms with Gasteiger partial charge in [0, 0.05) is 32.2 Å². The fourth-order valence-corrected chi connectivity index (χ4v) is 2.50. The zero-order valence-electron chi connectivity index (χ0n) is 13.9. The summed E-state index contributed by atoms with van der Waals surface area (Å²) >= 11 is 0. The molecule has 2 rings (SSSR count). The van der Waals surface area contributed by atoms with Crippen LogP contribution in [0.2, 0.25) is 0 Å². The second-order valence-electron chi connectivity index (χ2n) is 6.55. The number of benzene rings is 1. The van der Waals surface area contributed by atoms with Crippen LogP contribution < -0.4 is 5.32 Å². The number of hydrogen-bond donors (Lipinski definition) is 1. The molecule has 1 N–H and O–H groups in total. The first-order valence-corrected chi connectivity index (χ1v) is 8.35. The molecule has 0 amide bonds. The summed E-state index contributed by atoms with van der Waals surface area (Å²) in [5, 5.41) is 3.57. The van der Waals surface area contributed by atoms with Crippen LogP contribution in [0.5, 0.6) is 0 Å². The molecule has 0 atom stereocenters. The maximum absolute atomic E-state index is 3.57. The van der Waals surface area contributed by atoms with Crippen molar-refractivity contribution < 1.29 is 0 Å². The summed E-state index contributed by atoms with van der Waals surface area (Å²) in [5.41, 5.74) is 2.83. The molecule has 0 unspecified atom stereocenters. The van der Waals surface area contributed by atoms with E-state index in [0.29, 0.717) is 0 Å². The van der Waals surface area contributed by atoms with Crippen LogP contribution in [0, 0.1) is 0 Å². The highest BCUT2D eigenvalue weighted by Gasteiger charge is 2.19. The normalized spacial score (nSPS) is 15.1. The van der Waals surface area contributed by atoms with Gasteiger partial charge in [-0.3, -0.25) is 4.90 Å². The molecule has 118 valence electrons. The fraction of sp³-hybridized carbons (Fsp3) is 0.667. The molecule has 3 nitrogen and oxygen atoms in total. The van der Waals surface area contributed by atoms with Crippen molar-refractivity contribution in [2.24, 2.45) is 0 Å². The second-order valence-corrected chi connectivity index (χ2v) is 6.55. The third-order valence-electron chi connectivity index (χ3n) is 4.00. The SMILES string of the molecule is CCCN(CCN(C)C)Cc1ccc(CNC2CC2)cc1. The first kappa shape index (κ1) is 16.5. The average molecular weight is 289 g/mol. The summed E-state index contributed by atoms with van der Waals surface area (Å²) in [5.74, 6) is 0. The lowest BCUT2D eigenvalue weighted by atomic mass is 10.1. The third kappa shape index (κ3) is 6.60. The molecular formula is C18H31N3. The molecule has 0 heterocycles. The summed E-state index contributed by atoms with van der Waals surface area (Å²) in [7, 11) is 4.29. The molecule has 1 aromatic carbocycles. The van der Waals surface area contributed by atoms with E-state index in [4.69, 9.17) is 0 Å². The smallest absolute Gasteiger partial charge is 0.0234 e. The summed E-state index contributed by atoms with van der Waals surface area (Å²) in [6.45, 7) is 7.80. The molecule has 3 heteroatoms. The highest BCUT2D eigenvalue weighted by atomic mass is 15.2. The van der Waals surface area contributed by atoms with Crippen LogP contribution in [-0.2, 0) is 13.1 Å². The number of hydrogen-bond acceptors (Lipinski definition) is 3. The fourth-order valence-electron chi connectivity index (χ4n) is 2.50. The van der Waals surface area contributed by atoms with E-state index in [1.165, 1.54) is 36.9 Å². The Balaban J connectivity index is 1.80. The molecule has 0 saturated heterocycles. The van der Waals surface area contributed by atoms with E-state index in [-0.39, 0.29) is 0 Å². The van der Waals surface area contributed by atoms with Crippen molar-refractivity contribution in [3.63, 3.8) is 0 Å². The average Bonchev–Trinajstić information content (AvgIpc) is 3.28. The highest BCUT2D eigenvalue weighted by Crippen LogP contribution is 2.19. The van der Waals surface area contributed by atoms with Gasteiger partial charge in [-0.15, -0.1) is 0 Å². The largest absolute Gasteiger partial charge is 0.310 e.